The van der Waals surface area contributed by atoms with Crippen LogP contribution in [0.15, 0.2) is 66.2 Å². The van der Waals surface area contributed by atoms with Crippen LogP contribution in [0.3, 0.4) is 0 Å². The summed E-state index contributed by atoms with van der Waals surface area (Å²) in [5.41, 5.74) is 3.38. The summed E-state index contributed by atoms with van der Waals surface area (Å²) in [6.45, 7) is 0.356. The number of ether oxygens (including phenoxy) is 1. The molecule has 3 rings (SSSR count). The highest BCUT2D eigenvalue weighted by Gasteiger charge is 2.28. The molecule has 0 bridgehead atoms. The summed E-state index contributed by atoms with van der Waals surface area (Å²) in [5, 5.41) is 0. The van der Waals surface area contributed by atoms with Crippen LogP contribution in [0.2, 0.25) is 0 Å². The molecule has 0 spiro atoms. The van der Waals surface area contributed by atoms with Gasteiger partial charge in [0.15, 0.2) is 0 Å². The maximum absolute atomic E-state index is 12.4. The Labute approximate surface area is 131 Å². The van der Waals surface area contributed by atoms with Gasteiger partial charge < -0.3 is 4.74 Å². The fourth-order valence-electron chi connectivity index (χ4n) is 2.90. The fourth-order valence-corrected chi connectivity index (χ4v) is 2.90. The fraction of sp³-hybridized carbons (Fsp3) is 0.250. The summed E-state index contributed by atoms with van der Waals surface area (Å²) in [6.07, 6.45) is 5.08. The zero-order valence-corrected chi connectivity index (χ0v) is 12.6. The number of rotatable bonds is 4. The lowest BCUT2D eigenvalue weighted by Crippen LogP contribution is -2.16. The van der Waals surface area contributed by atoms with Crippen LogP contribution in [0.1, 0.15) is 30.4 Å². The number of hydrogen-bond acceptors (Lipinski definition) is 2. The minimum atomic E-state index is -0.0939. The van der Waals surface area contributed by atoms with Crippen LogP contribution in [-0.4, -0.2) is 5.97 Å². The number of esters is 1. The molecule has 1 aliphatic rings. The minimum Gasteiger partial charge on any atom is -0.460 e. The van der Waals surface area contributed by atoms with E-state index in [1.807, 2.05) is 48.5 Å². The number of carbonyl (C=O) groups is 1. The highest BCUT2D eigenvalue weighted by atomic mass is 16.5. The molecule has 2 nitrogen and oxygen atoms in total. The van der Waals surface area contributed by atoms with Crippen LogP contribution in [0.25, 0.3) is 6.08 Å². The van der Waals surface area contributed by atoms with E-state index in [1.165, 1.54) is 5.57 Å². The van der Waals surface area contributed by atoms with Gasteiger partial charge in [0, 0.05) is 0 Å². The second kappa shape index (κ2) is 7.08. The average Bonchev–Trinajstić information content (AvgIpc) is 3.03. The zero-order valence-electron chi connectivity index (χ0n) is 12.6. The Bertz CT molecular complexity index is 644. The molecule has 1 aliphatic carbocycles. The lowest BCUT2D eigenvalue weighted by Gasteiger charge is -2.12. The van der Waals surface area contributed by atoms with E-state index in [-0.39, 0.29) is 11.9 Å². The van der Waals surface area contributed by atoms with Crippen molar-refractivity contribution in [3.8, 4) is 0 Å². The zero-order chi connectivity index (χ0) is 15.2. The van der Waals surface area contributed by atoms with E-state index in [2.05, 4.69) is 18.2 Å². The smallest absolute Gasteiger partial charge is 0.313 e. The Morgan fingerprint density at radius 2 is 1.73 bits per heavy atom. The molecule has 1 unspecified atom stereocenters. The predicted octanol–water partition coefficient (Wildman–Crippen LogP) is 4.61. The molecule has 0 amide bonds. The van der Waals surface area contributed by atoms with Gasteiger partial charge in [-0.05, 0) is 30.4 Å². The van der Waals surface area contributed by atoms with E-state index in [1.54, 1.807) is 0 Å². The lowest BCUT2D eigenvalue weighted by molar-refractivity contribution is -0.148. The summed E-state index contributed by atoms with van der Waals surface area (Å²) < 4.78 is 5.50. The SMILES string of the molecule is O=C(OCc1ccccc1)C1CCC/C1=C\c1ccccc1. The highest BCUT2D eigenvalue weighted by Crippen LogP contribution is 2.33. The van der Waals surface area contributed by atoms with Crippen LogP contribution in [0, 0.1) is 5.92 Å². The molecule has 1 saturated carbocycles. The first-order valence-electron chi connectivity index (χ1n) is 7.79. The Kier molecular flexibility index (Phi) is 4.69. The van der Waals surface area contributed by atoms with E-state index in [4.69, 9.17) is 4.74 Å². The first kappa shape index (κ1) is 14.6. The van der Waals surface area contributed by atoms with Gasteiger partial charge in [-0.1, -0.05) is 72.3 Å². The van der Waals surface area contributed by atoms with Crippen LogP contribution < -0.4 is 0 Å². The molecular weight excluding hydrogens is 272 g/mol. The summed E-state index contributed by atoms with van der Waals surface area (Å²) in [5.74, 6) is -0.174. The monoisotopic (exact) mass is 292 g/mol. The van der Waals surface area contributed by atoms with Crippen molar-refractivity contribution in [3.05, 3.63) is 77.4 Å². The highest BCUT2D eigenvalue weighted by molar-refractivity contribution is 5.78. The van der Waals surface area contributed by atoms with Crippen molar-refractivity contribution in [1.29, 1.82) is 0 Å². The van der Waals surface area contributed by atoms with Crippen LogP contribution >= 0.6 is 0 Å². The predicted molar refractivity (Wildman–Crippen MR) is 88.0 cm³/mol. The average molecular weight is 292 g/mol. The summed E-state index contributed by atoms with van der Waals surface area (Å²) in [6, 6.07) is 20.0. The lowest BCUT2D eigenvalue weighted by atomic mass is 10.0. The van der Waals surface area contributed by atoms with Crippen molar-refractivity contribution in [2.75, 3.05) is 0 Å². The van der Waals surface area contributed by atoms with E-state index in [0.29, 0.717) is 6.61 Å². The molecule has 1 atom stereocenters. The largest absolute Gasteiger partial charge is 0.460 e. The summed E-state index contributed by atoms with van der Waals surface area (Å²) >= 11 is 0. The third-order valence-corrected chi connectivity index (χ3v) is 4.07. The van der Waals surface area contributed by atoms with Crippen molar-refractivity contribution in [1.82, 2.24) is 0 Å². The van der Waals surface area contributed by atoms with Gasteiger partial charge in [-0.3, -0.25) is 4.79 Å². The molecule has 2 aromatic carbocycles. The number of hydrogen-bond donors (Lipinski definition) is 0. The third kappa shape index (κ3) is 3.64. The van der Waals surface area contributed by atoms with Gasteiger partial charge in [0.25, 0.3) is 0 Å². The topological polar surface area (TPSA) is 26.3 Å². The van der Waals surface area contributed by atoms with Gasteiger partial charge >= 0.3 is 5.97 Å². The van der Waals surface area contributed by atoms with Gasteiger partial charge in [0.05, 0.1) is 5.92 Å². The third-order valence-electron chi connectivity index (χ3n) is 4.07. The van der Waals surface area contributed by atoms with E-state index < -0.39 is 0 Å². The summed E-state index contributed by atoms with van der Waals surface area (Å²) in [4.78, 5) is 12.4. The van der Waals surface area contributed by atoms with Crippen molar-refractivity contribution < 1.29 is 9.53 Å². The maximum Gasteiger partial charge on any atom is 0.313 e. The molecule has 22 heavy (non-hydrogen) atoms. The van der Waals surface area contributed by atoms with Crippen LogP contribution in [0.4, 0.5) is 0 Å². The second-order valence-corrected chi connectivity index (χ2v) is 5.67. The Morgan fingerprint density at radius 3 is 2.45 bits per heavy atom. The Hall–Kier alpha value is -2.35. The van der Waals surface area contributed by atoms with Crippen molar-refractivity contribution in [2.45, 2.75) is 25.9 Å². The number of carbonyl (C=O) groups excluding carboxylic acids is 1. The maximum atomic E-state index is 12.4. The van der Waals surface area contributed by atoms with Crippen LogP contribution in [0.5, 0.6) is 0 Å². The van der Waals surface area contributed by atoms with Gasteiger partial charge in [-0.2, -0.15) is 0 Å². The van der Waals surface area contributed by atoms with Crippen LogP contribution in [-0.2, 0) is 16.1 Å². The molecular formula is C20H20O2. The molecule has 112 valence electrons. The normalized spacial score (nSPS) is 19.3. The van der Waals surface area contributed by atoms with Gasteiger partial charge in [-0.25, -0.2) is 0 Å². The molecule has 0 aliphatic heterocycles. The molecule has 2 heteroatoms. The molecule has 1 fully saturated rings. The molecule has 0 saturated heterocycles. The van der Waals surface area contributed by atoms with Gasteiger partial charge in [0.2, 0.25) is 0 Å². The Morgan fingerprint density at radius 1 is 1.05 bits per heavy atom. The van der Waals surface area contributed by atoms with Crippen molar-refractivity contribution >= 4 is 12.0 Å². The standard InChI is InChI=1S/C20H20O2/c21-20(22-15-17-10-5-2-6-11-17)19-13-7-12-18(19)14-16-8-3-1-4-9-16/h1-6,8-11,14,19H,7,12-13,15H2/b18-14+. The second-order valence-electron chi connectivity index (χ2n) is 5.67. The first-order valence-corrected chi connectivity index (χ1v) is 7.79. The molecule has 0 heterocycles. The van der Waals surface area contributed by atoms with E-state index in [0.717, 1.165) is 30.4 Å². The van der Waals surface area contributed by atoms with Gasteiger partial charge in [0.1, 0.15) is 6.61 Å². The molecule has 2 aromatic rings. The molecule has 0 radical (unpaired) electrons. The van der Waals surface area contributed by atoms with E-state index >= 15 is 0 Å². The molecule has 0 N–H and O–H groups in total. The van der Waals surface area contributed by atoms with Crippen molar-refractivity contribution in [2.24, 2.45) is 5.92 Å². The first-order chi connectivity index (χ1) is 10.8. The molecule has 0 aromatic heterocycles. The summed E-state index contributed by atoms with van der Waals surface area (Å²) in [7, 11) is 0. The quantitative estimate of drug-likeness (QED) is 0.769. The van der Waals surface area contributed by atoms with Crippen molar-refractivity contribution in [3.63, 3.8) is 0 Å². The minimum absolute atomic E-state index is 0.0797. The van der Waals surface area contributed by atoms with Gasteiger partial charge in [-0.15, -0.1) is 0 Å². The van der Waals surface area contributed by atoms with E-state index in [9.17, 15) is 4.79 Å². The Balaban J connectivity index is 1.65. The number of benzene rings is 2.